The molecule has 3 N–H and O–H groups in total. The fourth-order valence-electron chi connectivity index (χ4n) is 4.89. The van der Waals surface area contributed by atoms with Gasteiger partial charge in [-0.25, -0.2) is 14.4 Å². The number of rotatable bonds is 4. The van der Waals surface area contributed by atoms with Gasteiger partial charge in [-0.2, -0.15) is 0 Å². The fraction of sp³-hybridized carbons (Fsp3) is 0.276. The molecule has 1 aliphatic carbocycles. The second kappa shape index (κ2) is 9.92. The average molecular weight is 515 g/mol. The SMILES string of the molecule is CN(C)c1ccc2c(-c3cc(C(=O)N4CCN(N)CC4)ccc3C(=O)O)c3ccc(=[N+](C)C)cc-3oc2c1. The highest BCUT2D eigenvalue weighted by molar-refractivity contribution is 6.09. The largest absolute Gasteiger partial charge is 0.478 e. The van der Waals surface area contributed by atoms with Crippen LogP contribution in [-0.2, 0) is 0 Å². The van der Waals surface area contributed by atoms with Crippen molar-refractivity contribution >= 4 is 28.5 Å². The first-order chi connectivity index (χ1) is 18.1. The van der Waals surface area contributed by atoms with E-state index >= 15 is 0 Å². The standard InChI is InChI=1S/C29H31N5O4/c1-31(2)19-6-9-22-25(16-19)38-26-17-20(32(3)4)7-10-23(26)27(22)24-15-18(5-8-21(24)29(36)37)28(35)33-11-13-34(30)14-12-33/h5-10,15-17H,11-14,30H2,1-4H3/p+1. The highest BCUT2D eigenvalue weighted by Gasteiger charge is 2.26. The van der Waals surface area contributed by atoms with Crippen LogP contribution in [0.1, 0.15) is 20.7 Å². The van der Waals surface area contributed by atoms with Gasteiger partial charge in [0.15, 0.2) is 0 Å². The zero-order valence-corrected chi connectivity index (χ0v) is 22.1. The number of carbonyl (C=O) groups is 2. The maximum atomic E-state index is 13.4. The quantitative estimate of drug-likeness (QED) is 0.245. The Morgan fingerprint density at radius 2 is 1.68 bits per heavy atom. The number of carboxylic acids is 1. The summed E-state index contributed by atoms with van der Waals surface area (Å²) in [6, 6.07) is 16.6. The van der Waals surface area contributed by atoms with Gasteiger partial charge in [-0.15, -0.1) is 0 Å². The van der Waals surface area contributed by atoms with E-state index in [1.54, 1.807) is 22.0 Å². The highest BCUT2D eigenvalue weighted by Crippen LogP contribution is 2.42. The summed E-state index contributed by atoms with van der Waals surface area (Å²) in [5, 5.41) is 13.6. The minimum Gasteiger partial charge on any atom is -0.478 e. The third-order valence-corrected chi connectivity index (χ3v) is 7.09. The Kier molecular flexibility index (Phi) is 6.64. The summed E-state index contributed by atoms with van der Waals surface area (Å²) < 4.78 is 8.37. The van der Waals surface area contributed by atoms with E-state index in [0.717, 1.165) is 27.6 Å². The van der Waals surface area contributed by atoms with E-state index in [1.807, 2.05) is 74.1 Å². The number of benzene rings is 3. The maximum Gasteiger partial charge on any atom is 0.336 e. The van der Waals surface area contributed by atoms with Crippen LogP contribution in [0.2, 0.25) is 0 Å². The van der Waals surface area contributed by atoms with Crippen molar-refractivity contribution in [1.29, 1.82) is 0 Å². The molecule has 0 bridgehead atoms. The number of nitrogens with two attached hydrogens (primary N) is 1. The molecule has 2 aliphatic heterocycles. The number of carboxylic acid groups (broad SMARTS) is 1. The van der Waals surface area contributed by atoms with E-state index in [2.05, 4.69) is 0 Å². The van der Waals surface area contributed by atoms with Crippen molar-refractivity contribution in [3.05, 3.63) is 71.1 Å². The van der Waals surface area contributed by atoms with Crippen LogP contribution < -0.4 is 20.7 Å². The number of carbonyl (C=O) groups excluding carboxylic acids is 1. The number of aromatic carboxylic acids is 1. The Hall–Kier alpha value is -4.21. The molecule has 3 aliphatic rings. The molecule has 0 atom stereocenters. The molecule has 0 spiro atoms. The predicted octanol–water partition coefficient (Wildman–Crippen LogP) is 2.63. The van der Waals surface area contributed by atoms with Crippen LogP contribution in [0, 0.1) is 0 Å². The Morgan fingerprint density at radius 1 is 0.947 bits per heavy atom. The van der Waals surface area contributed by atoms with E-state index in [9.17, 15) is 14.7 Å². The monoisotopic (exact) mass is 514 g/mol. The molecule has 1 saturated heterocycles. The number of hydrogen-bond donors (Lipinski definition) is 2. The van der Waals surface area contributed by atoms with Crippen LogP contribution in [0.3, 0.4) is 0 Å². The van der Waals surface area contributed by atoms with Gasteiger partial charge in [0.2, 0.25) is 5.36 Å². The van der Waals surface area contributed by atoms with Crippen LogP contribution in [-0.4, -0.2) is 81.3 Å². The molecule has 1 amide bonds. The van der Waals surface area contributed by atoms with Gasteiger partial charge in [0.25, 0.3) is 5.91 Å². The maximum absolute atomic E-state index is 13.4. The molecule has 9 heteroatoms. The summed E-state index contributed by atoms with van der Waals surface area (Å²) in [6.07, 6.45) is 0. The average Bonchev–Trinajstić information content (AvgIpc) is 2.90. The zero-order chi connectivity index (χ0) is 27.1. The van der Waals surface area contributed by atoms with Gasteiger partial charge in [-0.1, -0.05) is 0 Å². The number of hydrogen-bond acceptors (Lipinski definition) is 6. The zero-order valence-electron chi connectivity index (χ0n) is 22.1. The third kappa shape index (κ3) is 4.62. The molecule has 38 heavy (non-hydrogen) atoms. The summed E-state index contributed by atoms with van der Waals surface area (Å²) in [4.78, 5) is 29.6. The van der Waals surface area contributed by atoms with Gasteiger partial charge in [0.1, 0.15) is 25.4 Å². The van der Waals surface area contributed by atoms with Gasteiger partial charge < -0.3 is 19.3 Å². The van der Waals surface area contributed by atoms with Gasteiger partial charge in [0.05, 0.1) is 11.6 Å². The normalized spacial score (nSPS) is 14.2. The van der Waals surface area contributed by atoms with Crippen molar-refractivity contribution in [2.45, 2.75) is 0 Å². The molecular weight excluding hydrogens is 482 g/mol. The number of fused-ring (bicyclic) bond motifs is 2. The molecule has 2 aromatic rings. The van der Waals surface area contributed by atoms with Crippen LogP contribution in [0.15, 0.2) is 59.0 Å². The van der Waals surface area contributed by atoms with E-state index in [4.69, 9.17) is 10.3 Å². The summed E-state index contributed by atoms with van der Waals surface area (Å²) in [5.74, 6) is 5.29. The Bertz CT molecular complexity index is 1590. The molecule has 2 aromatic carbocycles. The number of nitrogens with zero attached hydrogens (tertiary/aromatic N) is 4. The molecule has 0 aromatic heterocycles. The van der Waals surface area contributed by atoms with E-state index in [1.165, 1.54) is 6.07 Å². The van der Waals surface area contributed by atoms with Crippen molar-refractivity contribution in [2.75, 3.05) is 59.3 Å². The van der Waals surface area contributed by atoms with Crippen molar-refractivity contribution in [2.24, 2.45) is 5.84 Å². The lowest BCUT2D eigenvalue weighted by molar-refractivity contribution is 0.0635. The summed E-state index contributed by atoms with van der Waals surface area (Å²) >= 11 is 0. The molecule has 0 unspecified atom stereocenters. The first-order valence-corrected chi connectivity index (χ1v) is 12.5. The number of hydrazine groups is 1. The van der Waals surface area contributed by atoms with Gasteiger partial charge in [0, 0.05) is 80.2 Å². The number of piperazine rings is 1. The lowest BCUT2D eigenvalue weighted by atomic mass is 9.89. The molecule has 2 heterocycles. The van der Waals surface area contributed by atoms with Crippen molar-refractivity contribution in [3.63, 3.8) is 0 Å². The fourth-order valence-corrected chi connectivity index (χ4v) is 4.89. The summed E-state index contributed by atoms with van der Waals surface area (Å²) in [6.45, 7) is 2.21. The Balaban J connectivity index is 1.79. The van der Waals surface area contributed by atoms with E-state index < -0.39 is 5.97 Å². The van der Waals surface area contributed by atoms with Crippen LogP contribution >= 0.6 is 0 Å². The molecular formula is C29H32N5O4+. The minimum absolute atomic E-state index is 0.121. The van der Waals surface area contributed by atoms with E-state index in [0.29, 0.717) is 48.6 Å². The number of amides is 1. The van der Waals surface area contributed by atoms with Gasteiger partial charge >= 0.3 is 5.97 Å². The molecule has 5 rings (SSSR count). The second-order valence-electron chi connectivity index (χ2n) is 10.0. The Labute approximate surface area is 220 Å². The smallest absolute Gasteiger partial charge is 0.336 e. The second-order valence-corrected chi connectivity index (χ2v) is 10.0. The number of anilines is 1. The topological polar surface area (TPSA) is 106 Å². The third-order valence-electron chi connectivity index (χ3n) is 7.09. The van der Waals surface area contributed by atoms with Crippen molar-refractivity contribution in [1.82, 2.24) is 14.5 Å². The predicted molar refractivity (Wildman–Crippen MR) is 148 cm³/mol. The summed E-state index contributed by atoms with van der Waals surface area (Å²) in [7, 11) is 7.81. The van der Waals surface area contributed by atoms with Gasteiger partial charge in [-0.3, -0.25) is 10.6 Å². The lowest BCUT2D eigenvalue weighted by Crippen LogP contribution is -2.51. The minimum atomic E-state index is -1.06. The van der Waals surface area contributed by atoms with Gasteiger partial charge in [-0.05, 0) is 42.0 Å². The summed E-state index contributed by atoms with van der Waals surface area (Å²) in [5.41, 5.74) is 4.10. The van der Waals surface area contributed by atoms with Crippen LogP contribution in [0.5, 0.6) is 0 Å². The lowest BCUT2D eigenvalue weighted by Gasteiger charge is -2.32. The molecule has 0 radical (unpaired) electrons. The highest BCUT2D eigenvalue weighted by atomic mass is 16.4. The molecule has 196 valence electrons. The van der Waals surface area contributed by atoms with Crippen molar-refractivity contribution < 1.29 is 19.1 Å². The first kappa shape index (κ1) is 25.4. The van der Waals surface area contributed by atoms with Crippen molar-refractivity contribution in [3.8, 4) is 22.5 Å². The van der Waals surface area contributed by atoms with Crippen LogP contribution in [0.4, 0.5) is 5.69 Å². The molecule has 0 saturated carbocycles. The molecule has 9 nitrogen and oxygen atoms in total. The van der Waals surface area contributed by atoms with Crippen LogP contribution in [0.25, 0.3) is 33.4 Å². The van der Waals surface area contributed by atoms with E-state index in [-0.39, 0.29) is 11.5 Å². The first-order valence-electron chi connectivity index (χ1n) is 12.5. The Morgan fingerprint density at radius 3 is 2.34 bits per heavy atom. The molecule has 1 fully saturated rings.